The summed E-state index contributed by atoms with van der Waals surface area (Å²) in [5.74, 6) is 0.321. The molecular weight excluding hydrogens is 300 g/mol. The van der Waals surface area contributed by atoms with E-state index in [9.17, 15) is 13.2 Å². The van der Waals surface area contributed by atoms with Crippen molar-refractivity contribution >= 4 is 27.5 Å². The van der Waals surface area contributed by atoms with Crippen molar-refractivity contribution in [3.63, 3.8) is 0 Å². The Hall–Kier alpha value is -1.11. The topological polar surface area (TPSA) is 89.3 Å². The second kappa shape index (κ2) is 6.11. The molecular formula is C13H17ClN2O3S. The van der Waals surface area contributed by atoms with Gasteiger partial charge in [0.15, 0.2) is 0 Å². The minimum Gasteiger partial charge on any atom is -0.352 e. The van der Waals surface area contributed by atoms with Gasteiger partial charge < -0.3 is 5.32 Å². The molecule has 0 atom stereocenters. The fraction of sp³-hybridized carbons (Fsp3) is 0.462. The number of nitrogens with two attached hydrogens (primary N) is 1. The summed E-state index contributed by atoms with van der Waals surface area (Å²) < 4.78 is 22.5. The molecule has 0 bridgehead atoms. The van der Waals surface area contributed by atoms with Crippen LogP contribution < -0.4 is 10.5 Å². The minimum atomic E-state index is -3.84. The maximum absolute atomic E-state index is 12.0. The minimum absolute atomic E-state index is 0.119. The van der Waals surface area contributed by atoms with Crippen molar-refractivity contribution in [2.45, 2.75) is 30.6 Å². The van der Waals surface area contributed by atoms with Gasteiger partial charge in [-0.25, -0.2) is 13.6 Å². The number of sulfonamides is 1. The molecule has 20 heavy (non-hydrogen) atoms. The first-order valence-electron chi connectivity index (χ1n) is 6.48. The number of carbonyl (C=O) groups excluding carboxylic acids is 1. The number of primary sulfonamides is 1. The molecule has 2 rings (SSSR count). The predicted molar refractivity (Wildman–Crippen MR) is 77.1 cm³/mol. The normalized spacial score (nSPS) is 15.7. The highest BCUT2D eigenvalue weighted by Gasteiger charge is 2.18. The average Bonchev–Trinajstić information content (AvgIpc) is 2.31. The molecule has 110 valence electrons. The maximum atomic E-state index is 12.0. The summed E-state index contributed by atoms with van der Waals surface area (Å²) in [6.45, 7) is 0.569. The number of carbonyl (C=O) groups is 1. The summed E-state index contributed by atoms with van der Waals surface area (Å²) in [7, 11) is -3.84. The van der Waals surface area contributed by atoms with Gasteiger partial charge in [-0.05, 0) is 30.5 Å². The third-order valence-corrected chi connectivity index (χ3v) is 4.81. The van der Waals surface area contributed by atoms with Crippen LogP contribution in [0.3, 0.4) is 0 Å². The number of hydrogen-bond donors (Lipinski definition) is 2. The van der Waals surface area contributed by atoms with Crippen molar-refractivity contribution < 1.29 is 13.2 Å². The van der Waals surface area contributed by atoms with E-state index in [0.29, 0.717) is 12.5 Å². The van der Waals surface area contributed by atoms with Crippen molar-refractivity contribution in [1.82, 2.24) is 5.32 Å². The molecule has 1 aromatic carbocycles. The van der Waals surface area contributed by atoms with E-state index in [1.165, 1.54) is 37.5 Å². The molecule has 1 aliphatic carbocycles. The second-order valence-corrected chi connectivity index (χ2v) is 7.00. The lowest BCUT2D eigenvalue weighted by Crippen LogP contribution is -2.28. The van der Waals surface area contributed by atoms with Crippen LogP contribution in [-0.4, -0.2) is 20.9 Å². The van der Waals surface area contributed by atoms with Crippen LogP contribution in [0.2, 0.25) is 5.02 Å². The molecule has 0 aromatic heterocycles. The van der Waals surface area contributed by atoms with Crippen molar-refractivity contribution in [3.8, 4) is 0 Å². The summed E-state index contributed by atoms with van der Waals surface area (Å²) in [6, 6.07) is 3.85. The first-order valence-corrected chi connectivity index (χ1v) is 8.41. The third-order valence-electron chi connectivity index (χ3n) is 3.57. The Bertz CT molecular complexity index is 612. The lowest BCUT2D eigenvalue weighted by atomic mass is 9.83. The van der Waals surface area contributed by atoms with Crippen LogP contribution in [0, 0.1) is 5.92 Å². The second-order valence-electron chi connectivity index (χ2n) is 5.03. The molecule has 0 radical (unpaired) electrons. The van der Waals surface area contributed by atoms with Crippen molar-refractivity contribution in [3.05, 3.63) is 28.8 Å². The first-order chi connectivity index (χ1) is 9.38. The molecule has 0 unspecified atom stereocenters. The molecule has 0 spiro atoms. The van der Waals surface area contributed by atoms with Gasteiger partial charge in [-0.3, -0.25) is 4.79 Å². The Kier molecular flexibility index (Phi) is 4.67. The molecule has 1 saturated carbocycles. The summed E-state index contributed by atoms with van der Waals surface area (Å²) in [4.78, 5) is 11.9. The van der Waals surface area contributed by atoms with E-state index in [4.69, 9.17) is 16.7 Å². The Morgan fingerprint density at radius 1 is 1.40 bits per heavy atom. The van der Waals surface area contributed by atoms with Crippen molar-refractivity contribution in [1.29, 1.82) is 0 Å². The summed E-state index contributed by atoms with van der Waals surface area (Å²) in [5.41, 5.74) is 0.131. The van der Waals surface area contributed by atoms with E-state index in [-0.39, 0.29) is 21.4 Å². The van der Waals surface area contributed by atoms with Gasteiger partial charge in [-0.2, -0.15) is 0 Å². The SMILES string of the molecule is NS(=O)(=O)c1ccc(Cl)c(C(=O)NCCC2CCC2)c1. The third kappa shape index (κ3) is 3.71. The van der Waals surface area contributed by atoms with E-state index >= 15 is 0 Å². The quantitative estimate of drug-likeness (QED) is 0.869. The molecule has 1 aliphatic rings. The lowest BCUT2D eigenvalue weighted by molar-refractivity contribution is 0.0949. The predicted octanol–water partition coefficient (Wildman–Crippen LogP) is 1.91. The molecule has 1 amide bonds. The van der Waals surface area contributed by atoms with E-state index in [1.54, 1.807) is 0 Å². The number of rotatable bonds is 5. The Morgan fingerprint density at radius 2 is 2.10 bits per heavy atom. The molecule has 7 heteroatoms. The van der Waals surface area contributed by atoms with Crippen LogP contribution in [0.5, 0.6) is 0 Å². The van der Waals surface area contributed by atoms with Crippen molar-refractivity contribution in [2.75, 3.05) is 6.54 Å². The number of hydrogen-bond acceptors (Lipinski definition) is 3. The fourth-order valence-electron chi connectivity index (χ4n) is 2.12. The Balaban J connectivity index is 2.04. The van der Waals surface area contributed by atoms with Crippen LogP contribution >= 0.6 is 11.6 Å². The average molecular weight is 317 g/mol. The lowest BCUT2D eigenvalue weighted by Gasteiger charge is -2.25. The van der Waals surface area contributed by atoms with Crippen LogP contribution in [0.15, 0.2) is 23.1 Å². The highest BCUT2D eigenvalue weighted by atomic mass is 35.5. The van der Waals surface area contributed by atoms with Gasteiger partial charge in [-0.1, -0.05) is 30.9 Å². The molecule has 1 fully saturated rings. The molecule has 3 N–H and O–H groups in total. The molecule has 1 aromatic rings. The first kappa shape index (κ1) is 15.3. The van der Waals surface area contributed by atoms with E-state index < -0.39 is 10.0 Å². The van der Waals surface area contributed by atoms with Crippen LogP contribution in [0.25, 0.3) is 0 Å². The Labute approximate surface area is 123 Å². The number of nitrogens with one attached hydrogen (secondary N) is 1. The zero-order chi connectivity index (χ0) is 14.8. The number of amides is 1. The van der Waals surface area contributed by atoms with E-state index in [0.717, 1.165) is 6.42 Å². The standard InChI is InChI=1S/C13H17ClN2O3S/c14-12-5-4-10(20(15,18)19)8-11(12)13(17)16-7-6-9-2-1-3-9/h4-5,8-9H,1-3,6-7H2,(H,16,17)(H2,15,18,19). The largest absolute Gasteiger partial charge is 0.352 e. The van der Waals surface area contributed by atoms with Gasteiger partial charge in [-0.15, -0.1) is 0 Å². The zero-order valence-corrected chi connectivity index (χ0v) is 12.5. The highest BCUT2D eigenvalue weighted by molar-refractivity contribution is 7.89. The van der Waals surface area contributed by atoms with Gasteiger partial charge in [0.1, 0.15) is 0 Å². The number of halogens is 1. The van der Waals surface area contributed by atoms with Gasteiger partial charge in [0, 0.05) is 6.54 Å². The van der Waals surface area contributed by atoms with Crippen molar-refractivity contribution in [2.24, 2.45) is 11.1 Å². The smallest absolute Gasteiger partial charge is 0.252 e. The fourth-order valence-corrected chi connectivity index (χ4v) is 2.87. The molecule has 0 saturated heterocycles. The van der Waals surface area contributed by atoms with E-state index in [1.807, 2.05) is 0 Å². The van der Waals surface area contributed by atoms with Gasteiger partial charge in [0.25, 0.3) is 5.91 Å². The number of benzene rings is 1. The Morgan fingerprint density at radius 3 is 2.65 bits per heavy atom. The summed E-state index contributed by atoms with van der Waals surface area (Å²) in [6.07, 6.45) is 4.65. The molecule has 0 heterocycles. The summed E-state index contributed by atoms with van der Waals surface area (Å²) in [5, 5.41) is 8.00. The van der Waals surface area contributed by atoms with E-state index in [2.05, 4.69) is 5.32 Å². The van der Waals surface area contributed by atoms with Gasteiger partial charge >= 0.3 is 0 Å². The van der Waals surface area contributed by atoms with Crippen LogP contribution in [0.4, 0.5) is 0 Å². The monoisotopic (exact) mass is 316 g/mol. The van der Waals surface area contributed by atoms with Crippen LogP contribution in [-0.2, 0) is 10.0 Å². The van der Waals surface area contributed by atoms with Gasteiger partial charge in [0.2, 0.25) is 10.0 Å². The maximum Gasteiger partial charge on any atom is 0.252 e. The van der Waals surface area contributed by atoms with Crippen LogP contribution in [0.1, 0.15) is 36.0 Å². The van der Waals surface area contributed by atoms with Gasteiger partial charge in [0.05, 0.1) is 15.5 Å². The highest BCUT2D eigenvalue weighted by Crippen LogP contribution is 2.28. The molecule has 5 nitrogen and oxygen atoms in total. The summed E-state index contributed by atoms with van der Waals surface area (Å²) >= 11 is 5.92. The molecule has 0 aliphatic heterocycles. The zero-order valence-electron chi connectivity index (χ0n) is 10.9.